The Bertz CT molecular complexity index is 454. The number of nitrogens with zero attached hydrogens (tertiary/aromatic N) is 1. The molecule has 0 radical (unpaired) electrons. The van der Waals surface area contributed by atoms with Gasteiger partial charge in [-0.1, -0.05) is 13.8 Å². The van der Waals surface area contributed by atoms with Crippen molar-refractivity contribution < 1.29 is 4.79 Å². The van der Waals surface area contributed by atoms with Gasteiger partial charge in [-0.3, -0.25) is 4.79 Å². The Morgan fingerprint density at radius 1 is 1.44 bits per heavy atom. The fourth-order valence-corrected chi connectivity index (χ4v) is 2.82. The Labute approximate surface area is 109 Å². The molecule has 18 heavy (non-hydrogen) atoms. The molecule has 1 saturated heterocycles. The minimum atomic E-state index is 0.156. The second kappa shape index (κ2) is 5.01. The van der Waals surface area contributed by atoms with E-state index in [9.17, 15) is 4.79 Å². The van der Waals surface area contributed by atoms with Crippen LogP contribution in [0.5, 0.6) is 0 Å². The van der Waals surface area contributed by atoms with E-state index < -0.39 is 0 Å². The second-order valence-corrected chi connectivity index (χ2v) is 5.53. The maximum absolute atomic E-state index is 12.6. The summed E-state index contributed by atoms with van der Waals surface area (Å²) in [5.74, 6) is 0.675. The molecule has 0 bridgehead atoms. The molecule has 2 N–H and O–H groups in total. The zero-order chi connectivity index (χ0) is 13.3. The zero-order valence-electron chi connectivity index (χ0n) is 11.4. The Balaban J connectivity index is 2.25. The lowest BCUT2D eigenvalue weighted by molar-refractivity contribution is 0.0701. The van der Waals surface area contributed by atoms with E-state index in [4.69, 9.17) is 5.73 Å². The van der Waals surface area contributed by atoms with E-state index in [1.54, 1.807) is 6.07 Å². The molecule has 0 aromatic heterocycles. The molecule has 1 atom stereocenters. The van der Waals surface area contributed by atoms with Crippen LogP contribution in [-0.4, -0.2) is 23.4 Å². The topological polar surface area (TPSA) is 46.3 Å². The first-order valence-electron chi connectivity index (χ1n) is 6.68. The quantitative estimate of drug-likeness (QED) is 0.816. The van der Waals surface area contributed by atoms with Crippen molar-refractivity contribution in [3.63, 3.8) is 0 Å². The van der Waals surface area contributed by atoms with Crippen molar-refractivity contribution in [3.05, 3.63) is 29.3 Å². The van der Waals surface area contributed by atoms with Gasteiger partial charge in [0, 0.05) is 23.8 Å². The van der Waals surface area contributed by atoms with Crippen LogP contribution < -0.4 is 5.73 Å². The van der Waals surface area contributed by atoms with Gasteiger partial charge in [-0.2, -0.15) is 0 Å². The molecule has 1 unspecified atom stereocenters. The molecule has 0 aliphatic carbocycles. The van der Waals surface area contributed by atoms with Gasteiger partial charge in [-0.25, -0.2) is 0 Å². The minimum absolute atomic E-state index is 0.156. The average molecular weight is 246 g/mol. The number of hydrogen-bond donors (Lipinski definition) is 1. The SMILES string of the molecule is Cc1cc(N)ccc1C(=O)N1CCCC1C(C)C. The Hall–Kier alpha value is -1.51. The summed E-state index contributed by atoms with van der Waals surface area (Å²) in [6.07, 6.45) is 2.24. The third-order valence-electron chi connectivity index (χ3n) is 3.81. The number of carbonyl (C=O) groups excluding carboxylic acids is 1. The summed E-state index contributed by atoms with van der Waals surface area (Å²) in [6, 6.07) is 5.91. The fourth-order valence-electron chi connectivity index (χ4n) is 2.82. The van der Waals surface area contributed by atoms with E-state index in [1.807, 2.05) is 24.0 Å². The molecule has 1 aromatic rings. The van der Waals surface area contributed by atoms with Gasteiger partial charge in [0.05, 0.1) is 0 Å². The van der Waals surface area contributed by atoms with Crippen molar-refractivity contribution in [1.82, 2.24) is 4.90 Å². The summed E-state index contributed by atoms with van der Waals surface area (Å²) >= 11 is 0. The first-order chi connectivity index (χ1) is 8.50. The van der Waals surface area contributed by atoms with Gasteiger partial charge < -0.3 is 10.6 Å². The van der Waals surface area contributed by atoms with E-state index in [-0.39, 0.29) is 5.91 Å². The van der Waals surface area contributed by atoms with Crippen molar-refractivity contribution >= 4 is 11.6 Å². The van der Waals surface area contributed by atoms with Gasteiger partial charge in [0.1, 0.15) is 0 Å². The predicted molar refractivity (Wildman–Crippen MR) is 74.5 cm³/mol. The maximum atomic E-state index is 12.6. The number of hydrogen-bond acceptors (Lipinski definition) is 2. The highest BCUT2D eigenvalue weighted by Gasteiger charge is 2.31. The van der Waals surface area contributed by atoms with Crippen LogP contribution in [-0.2, 0) is 0 Å². The molecule has 1 fully saturated rings. The van der Waals surface area contributed by atoms with E-state index in [1.165, 1.54) is 0 Å². The first kappa shape index (κ1) is 12.9. The number of aryl methyl sites for hydroxylation is 1. The largest absolute Gasteiger partial charge is 0.399 e. The summed E-state index contributed by atoms with van der Waals surface area (Å²) in [4.78, 5) is 14.6. The van der Waals surface area contributed by atoms with E-state index in [0.29, 0.717) is 17.6 Å². The lowest BCUT2D eigenvalue weighted by atomic mass is 10.0. The fraction of sp³-hybridized carbons (Fsp3) is 0.533. The predicted octanol–water partition coefficient (Wildman–Crippen LogP) is 2.84. The Kier molecular flexibility index (Phi) is 3.60. The number of likely N-dealkylation sites (tertiary alicyclic amines) is 1. The van der Waals surface area contributed by atoms with Gasteiger partial charge in [0.25, 0.3) is 5.91 Å². The molecule has 1 amide bonds. The van der Waals surface area contributed by atoms with Crippen LogP contribution in [0.25, 0.3) is 0 Å². The van der Waals surface area contributed by atoms with Crippen molar-refractivity contribution in [2.45, 2.75) is 39.7 Å². The zero-order valence-corrected chi connectivity index (χ0v) is 11.4. The number of rotatable bonds is 2. The third-order valence-corrected chi connectivity index (χ3v) is 3.81. The number of carbonyl (C=O) groups is 1. The molecule has 0 spiro atoms. The first-order valence-corrected chi connectivity index (χ1v) is 6.68. The van der Waals surface area contributed by atoms with Crippen molar-refractivity contribution in [1.29, 1.82) is 0 Å². The molecular weight excluding hydrogens is 224 g/mol. The van der Waals surface area contributed by atoms with Crippen molar-refractivity contribution in [3.8, 4) is 0 Å². The van der Waals surface area contributed by atoms with E-state index >= 15 is 0 Å². The number of anilines is 1. The molecule has 0 saturated carbocycles. The monoisotopic (exact) mass is 246 g/mol. The van der Waals surface area contributed by atoms with Crippen LogP contribution in [0.2, 0.25) is 0 Å². The third kappa shape index (κ3) is 2.35. The number of amides is 1. The highest BCUT2D eigenvalue weighted by atomic mass is 16.2. The van der Waals surface area contributed by atoms with Gasteiger partial charge >= 0.3 is 0 Å². The van der Waals surface area contributed by atoms with Gasteiger partial charge in [0.15, 0.2) is 0 Å². The standard InChI is InChI=1S/C15H22N2O/c1-10(2)14-5-4-8-17(14)15(18)13-7-6-12(16)9-11(13)3/h6-7,9-10,14H,4-5,8,16H2,1-3H3. The lowest BCUT2D eigenvalue weighted by Gasteiger charge is -2.28. The number of nitrogens with two attached hydrogens (primary N) is 1. The molecular formula is C15H22N2O. The number of nitrogen functional groups attached to an aromatic ring is 1. The molecule has 1 aliphatic rings. The smallest absolute Gasteiger partial charge is 0.254 e. The minimum Gasteiger partial charge on any atom is -0.399 e. The average Bonchev–Trinajstić information content (AvgIpc) is 2.77. The lowest BCUT2D eigenvalue weighted by Crippen LogP contribution is -2.38. The van der Waals surface area contributed by atoms with Crippen LogP contribution in [0.1, 0.15) is 42.6 Å². The number of benzene rings is 1. The summed E-state index contributed by atoms with van der Waals surface area (Å²) in [6.45, 7) is 7.20. The molecule has 1 aliphatic heterocycles. The summed E-state index contributed by atoms with van der Waals surface area (Å²) in [7, 11) is 0. The van der Waals surface area contributed by atoms with Gasteiger partial charge in [-0.05, 0) is 49.4 Å². The van der Waals surface area contributed by atoms with Gasteiger partial charge in [0.2, 0.25) is 0 Å². The normalized spacial score (nSPS) is 19.6. The van der Waals surface area contributed by atoms with Crippen molar-refractivity contribution in [2.24, 2.45) is 5.92 Å². The second-order valence-electron chi connectivity index (χ2n) is 5.53. The summed E-state index contributed by atoms with van der Waals surface area (Å²) < 4.78 is 0. The Morgan fingerprint density at radius 3 is 2.78 bits per heavy atom. The molecule has 3 heteroatoms. The van der Waals surface area contributed by atoms with E-state index in [0.717, 1.165) is 30.5 Å². The van der Waals surface area contributed by atoms with Gasteiger partial charge in [-0.15, -0.1) is 0 Å². The summed E-state index contributed by atoms with van der Waals surface area (Å²) in [5, 5.41) is 0. The van der Waals surface area contributed by atoms with Crippen LogP contribution in [0.3, 0.4) is 0 Å². The van der Waals surface area contributed by atoms with Crippen LogP contribution >= 0.6 is 0 Å². The van der Waals surface area contributed by atoms with E-state index in [2.05, 4.69) is 13.8 Å². The molecule has 2 rings (SSSR count). The molecule has 3 nitrogen and oxygen atoms in total. The highest BCUT2D eigenvalue weighted by Crippen LogP contribution is 2.26. The highest BCUT2D eigenvalue weighted by molar-refractivity contribution is 5.96. The molecule has 1 aromatic carbocycles. The van der Waals surface area contributed by atoms with Crippen LogP contribution in [0.4, 0.5) is 5.69 Å². The van der Waals surface area contributed by atoms with Crippen molar-refractivity contribution in [2.75, 3.05) is 12.3 Å². The van der Waals surface area contributed by atoms with Crippen LogP contribution in [0.15, 0.2) is 18.2 Å². The summed E-state index contributed by atoms with van der Waals surface area (Å²) in [5.41, 5.74) is 8.20. The maximum Gasteiger partial charge on any atom is 0.254 e. The molecule has 98 valence electrons. The molecule has 1 heterocycles. The van der Waals surface area contributed by atoms with Crippen LogP contribution in [0, 0.1) is 12.8 Å². The Morgan fingerprint density at radius 2 is 2.17 bits per heavy atom.